The topological polar surface area (TPSA) is 55.6 Å². The quantitative estimate of drug-likeness (QED) is 0.742. The van der Waals surface area contributed by atoms with Gasteiger partial charge in [-0.2, -0.15) is 0 Å². The van der Waals surface area contributed by atoms with Gasteiger partial charge in [-0.25, -0.2) is 0 Å². The molecule has 0 radical (unpaired) electrons. The fraction of sp³-hybridized carbons (Fsp3) is 0.417. The van der Waals surface area contributed by atoms with Gasteiger partial charge in [0.05, 0.1) is 7.11 Å². The maximum Gasteiger partial charge on any atom is 0.324 e. The van der Waals surface area contributed by atoms with Crippen molar-refractivity contribution in [2.45, 2.75) is 12.6 Å². The summed E-state index contributed by atoms with van der Waals surface area (Å²) in [6.07, 6.45) is 0. The van der Waals surface area contributed by atoms with Crippen LogP contribution in [-0.2, 0) is 16.1 Å². The molecule has 1 rings (SSSR count). The Hall–Kier alpha value is -1.39. The normalized spacial score (nSPS) is 12.5. The smallest absolute Gasteiger partial charge is 0.324 e. The molecule has 0 aliphatic rings. The number of esters is 1. The Bertz CT molecular complexity index is 327. The lowest BCUT2D eigenvalue weighted by atomic mass is 10.2. The number of carbonyl (C=O) groups excluding carboxylic acids is 1. The molecule has 0 aliphatic heterocycles. The van der Waals surface area contributed by atoms with E-state index in [0.29, 0.717) is 6.54 Å². The molecular weight excluding hydrogens is 204 g/mol. The second-order valence-corrected chi connectivity index (χ2v) is 3.68. The van der Waals surface area contributed by atoms with Gasteiger partial charge in [-0.1, -0.05) is 30.3 Å². The highest BCUT2D eigenvalue weighted by atomic mass is 16.5. The van der Waals surface area contributed by atoms with Crippen molar-refractivity contribution in [2.75, 3.05) is 20.7 Å². The third-order valence-electron chi connectivity index (χ3n) is 2.50. The molecule has 0 amide bonds. The van der Waals surface area contributed by atoms with Crippen LogP contribution in [0.25, 0.3) is 0 Å². The first-order valence-corrected chi connectivity index (χ1v) is 5.21. The van der Waals surface area contributed by atoms with E-state index in [-0.39, 0.29) is 18.6 Å². The maximum absolute atomic E-state index is 11.4. The first-order chi connectivity index (χ1) is 7.69. The van der Waals surface area contributed by atoms with Gasteiger partial charge >= 0.3 is 5.97 Å². The Labute approximate surface area is 96.0 Å². The minimum Gasteiger partial charge on any atom is -0.468 e. The molecule has 0 aliphatic carbocycles. The Morgan fingerprint density at radius 3 is 2.56 bits per heavy atom. The second-order valence-electron chi connectivity index (χ2n) is 3.68. The molecule has 0 spiro atoms. The van der Waals surface area contributed by atoms with Crippen molar-refractivity contribution in [3.8, 4) is 0 Å². The average Bonchev–Trinajstić information content (AvgIpc) is 2.31. The van der Waals surface area contributed by atoms with Crippen LogP contribution in [0.5, 0.6) is 0 Å². The lowest BCUT2D eigenvalue weighted by Gasteiger charge is -2.24. The van der Waals surface area contributed by atoms with E-state index in [1.807, 2.05) is 42.3 Å². The number of benzene rings is 1. The summed E-state index contributed by atoms with van der Waals surface area (Å²) in [5, 5.41) is 0. The summed E-state index contributed by atoms with van der Waals surface area (Å²) in [6.45, 7) is 0.938. The van der Waals surface area contributed by atoms with E-state index in [9.17, 15) is 4.79 Å². The molecule has 1 atom stereocenters. The van der Waals surface area contributed by atoms with Gasteiger partial charge in [-0.3, -0.25) is 9.69 Å². The van der Waals surface area contributed by atoms with Crippen LogP contribution in [0.2, 0.25) is 0 Å². The van der Waals surface area contributed by atoms with Gasteiger partial charge in [-0.15, -0.1) is 0 Å². The molecule has 88 valence electrons. The summed E-state index contributed by atoms with van der Waals surface area (Å²) in [6, 6.07) is 9.55. The van der Waals surface area contributed by atoms with Crippen LogP contribution in [-0.4, -0.2) is 37.6 Å². The molecule has 2 N–H and O–H groups in total. The molecule has 0 saturated heterocycles. The Morgan fingerprint density at radius 1 is 1.44 bits per heavy atom. The maximum atomic E-state index is 11.4. The van der Waals surface area contributed by atoms with Crippen LogP contribution in [0.1, 0.15) is 5.56 Å². The lowest BCUT2D eigenvalue weighted by Crippen LogP contribution is -2.44. The number of carbonyl (C=O) groups is 1. The summed E-state index contributed by atoms with van der Waals surface area (Å²) in [5.41, 5.74) is 6.71. The fourth-order valence-electron chi connectivity index (χ4n) is 1.57. The molecule has 16 heavy (non-hydrogen) atoms. The van der Waals surface area contributed by atoms with Gasteiger partial charge in [0.2, 0.25) is 0 Å². The summed E-state index contributed by atoms with van der Waals surface area (Å²) < 4.78 is 4.70. The second kappa shape index (κ2) is 6.25. The summed E-state index contributed by atoms with van der Waals surface area (Å²) in [4.78, 5) is 13.3. The molecule has 4 heteroatoms. The molecule has 1 aromatic carbocycles. The predicted octanol–water partition coefficient (Wildman–Crippen LogP) is 0.619. The van der Waals surface area contributed by atoms with Gasteiger partial charge in [0.1, 0.15) is 6.04 Å². The number of hydrogen-bond donors (Lipinski definition) is 1. The van der Waals surface area contributed by atoms with E-state index in [2.05, 4.69) is 0 Å². The number of ether oxygens (including phenoxy) is 1. The number of rotatable bonds is 5. The summed E-state index contributed by atoms with van der Waals surface area (Å²) in [7, 11) is 3.24. The van der Waals surface area contributed by atoms with Crippen molar-refractivity contribution < 1.29 is 9.53 Å². The van der Waals surface area contributed by atoms with Crippen LogP contribution in [0.15, 0.2) is 30.3 Å². The van der Waals surface area contributed by atoms with Crippen molar-refractivity contribution in [1.29, 1.82) is 0 Å². The van der Waals surface area contributed by atoms with Gasteiger partial charge in [-0.05, 0) is 12.6 Å². The van der Waals surface area contributed by atoms with E-state index in [1.165, 1.54) is 7.11 Å². The SMILES string of the molecule is COC(=O)C(CN)N(C)Cc1ccccc1. The number of likely N-dealkylation sites (N-methyl/N-ethyl adjacent to an activating group) is 1. The van der Waals surface area contributed by atoms with Gasteiger partial charge in [0, 0.05) is 13.1 Å². The minimum atomic E-state index is -0.384. The van der Waals surface area contributed by atoms with Crippen LogP contribution >= 0.6 is 0 Å². The first-order valence-electron chi connectivity index (χ1n) is 5.21. The van der Waals surface area contributed by atoms with Crippen LogP contribution in [0, 0.1) is 0 Å². The standard InChI is InChI=1S/C12H18N2O2/c1-14(11(8-13)12(15)16-2)9-10-6-4-3-5-7-10/h3-7,11H,8-9,13H2,1-2H3. The van der Waals surface area contributed by atoms with Gasteiger partial charge in [0.15, 0.2) is 0 Å². The molecule has 0 aromatic heterocycles. The Kier molecular flexibility index (Phi) is 4.95. The third kappa shape index (κ3) is 3.32. The number of methoxy groups -OCH3 is 1. The monoisotopic (exact) mass is 222 g/mol. The molecular formula is C12H18N2O2. The Morgan fingerprint density at radius 2 is 2.06 bits per heavy atom. The highest BCUT2D eigenvalue weighted by molar-refractivity contribution is 5.75. The lowest BCUT2D eigenvalue weighted by molar-refractivity contribution is -0.146. The van der Waals surface area contributed by atoms with Gasteiger partial charge in [0.25, 0.3) is 0 Å². The average molecular weight is 222 g/mol. The highest BCUT2D eigenvalue weighted by Gasteiger charge is 2.22. The van der Waals surface area contributed by atoms with Crippen molar-refractivity contribution >= 4 is 5.97 Å². The summed E-state index contributed by atoms with van der Waals surface area (Å²) >= 11 is 0. The zero-order valence-electron chi connectivity index (χ0n) is 9.72. The minimum absolute atomic E-state index is 0.260. The van der Waals surface area contributed by atoms with Crippen molar-refractivity contribution in [3.63, 3.8) is 0 Å². The van der Waals surface area contributed by atoms with E-state index >= 15 is 0 Å². The number of nitrogens with two attached hydrogens (primary N) is 1. The van der Waals surface area contributed by atoms with E-state index in [1.54, 1.807) is 0 Å². The number of hydrogen-bond acceptors (Lipinski definition) is 4. The van der Waals surface area contributed by atoms with E-state index < -0.39 is 0 Å². The van der Waals surface area contributed by atoms with Crippen molar-refractivity contribution in [3.05, 3.63) is 35.9 Å². The predicted molar refractivity (Wildman–Crippen MR) is 62.8 cm³/mol. The van der Waals surface area contributed by atoms with Crippen LogP contribution in [0.4, 0.5) is 0 Å². The molecule has 0 bridgehead atoms. The molecule has 0 saturated carbocycles. The van der Waals surface area contributed by atoms with Gasteiger partial charge < -0.3 is 10.5 Å². The molecule has 0 heterocycles. The Balaban J connectivity index is 2.63. The molecule has 1 unspecified atom stereocenters. The largest absolute Gasteiger partial charge is 0.468 e. The van der Waals surface area contributed by atoms with E-state index in [4.69, 9.17) is 10.5 Å². The van der Waals surface area contributed by atoms with Crippen LogP contribution < -0.4 is 5.73 Å². The van der Waals surface area contributed by atoms with Crippen molar-refractivity contribution in [1.82, 2.24) is 4.90 Å². The molecule has 0 fully saturated rings. The number of nitrogens with zero attached hydrogens (tertiary/aromatic N) is 1. The highest BCUT2D eigenvalue weighted by Crippen LogP contribution is 2.06. The van der Waals surface area contributed by atoms with Crippen molar-refractivity contribution in [2.24, 2.45) is 5.73 Å². The molecule has 4 nitrogen and oxygen atoms in total. The van der Waals surface area contributed by atoms with E-state index in [0.717, 1.165) is 5.56 Å². The zero-order valence-corrected chi connectivity index (χ0v) is 9.72. The molecule has 1 aromatic rings. The fourth-order valence-corrected chi connectivity index (χ4v) is 1.57. The van der Waals surface area contributed by atoms with Crippen LogP contribution in [0.3, 0.4) is 0 Å². The summed E-state index contributed by atoms with van der Waals surface area (Å²) in [5.74, 6) is -0.291. The zero-order chi connectivity index (χ0) is 12.0. The first kappa shape index (κ1) is 12.7. The third-order valence-corrected chi connectivity index (χ3v) is 2.50.